The van der Waals surface area contributed by atoms with Crippen LogP contribution in [0.3, 0.4) is 0 Å². The summed E-state index contributed by atoms with van der Waals surface area (Å²) in [5.41, 5.74) is 3.95. The number of hydrazone groups is 1. The summed E-state index contributed by atoms with van der Waals surface area (Å²) in [5.74, 6) is 2.36. The number of nitrogens with one attached hydrogen (secondary N) is 1. The zero-order valence-corrected chi connectivity index (χ0v) is 13.0. The van der Waals surface area contributed by atoms with E-state index in [1.165, 1.54) is 6.42 Å². The molecule has 21 heavy (non-hydrogen) atoms. The van der Waals surface area contributed by atoms with Crippen LogP contribution in [-0.2, 0) is 4.79 Å². The van der Waals surface area contributed by atoms with Crippen molar-refractivity contribution in [3.63, 3.8) is 0 Å². The Morgan fingerprint density at radius 3 is 2.81 bits per heavy atom. The fraction of sp³-hybridized carbons (Fsp3) is 0.882. The Balaban J connectivity index is 1.66. The Hall–Kier alpha value is -0.900. The van der Waals surface area contributed by atoms with Crippen LogP contribution >= 0.6 is 0 Å². The van der Waals surface area contributed by atoms with Gasteiger partial charge in [0.05, 0.1) is 12.0 Å². The van der Waals surface area contributed by atoms with Crippen LogP contribution in [-0.4, -0.2) is 22.8 Å². The maximum atomic E-state index is 12.4. The van der Waals surface area contributed by atoms with E-state index < -0.39 is 0 Å². The van der Waals surface area contributed by atoms with Crippen molar-refractivity contribution in [1.29, 1.82) is 0 Å². The van der Waals surface area contributed by atoms with Gasteiger partial charge >= 0.3 is 0 Å². The highest BCUT2D eigenvalue weighted by atomic mass is 16.3. The first-order valence-corrected chi connectivity index (χ1v) is 8.54. The van der Waals surface area contributed by atoms with Gasteiger partial charge in [-0.3, -0.25) is 4.79 Å². The minimum Gasteiger partial charge on any atom is -0.393 e. The molecule has 0 unspecified atom stereocenters. The molecule has 7 atom stereocenters. The number of carbonyl (C=O) groups excluding carboxylic acids is 1. The molecule has 1 amide bonds. The molecule has 0 bridgehead atoms. The summed E-state index contributed by atoms with van der Waals surface area (Å²) < 4.78 is 0. The molecular formula is C17H26N2O2. The highest BCUT2D eigenvalue weighted by molar-refractivity contribution is 5.94. The van der Waals surface area contributed by atoms with Crippen molar-refractivity contribution >= 4 is 11.6 Å². The maximum Gasteiger partial charge on any atom is 0.244 e. The second kappa shape index (κ2) is 4.55. The molecule has 4 nitrogen and oxygen atoms in total. The van der Waals surface area contributed by atoms with Gasteiger partial charge in [0.25, 0.3) is 0 Å². The molecule has 3 aliphatic carbocycles. The molecule has 4 rings (SSSR count). The Labute approximate surface area is 126 Å². The second-order valence-corrected chi connectivity index (χ2v) is 8.01. The van der Waals surface area contributed by atoms with Crippen molar-refractivity contribution in [3.8, 4) is 0 Å². The van der Waals surface area contributed by atoms with Crippen LogP contribution in [0.1, 0.15) is 52.4 Å². The molecule has 4 aliphatic rings. The van der Waals surface area contributed by atoms with Gasteiger partial charge in [-0.05, 0) is 68.6 Å². The lowest BCUT2D eigenvalue weighted by atomic mass is 9.51. The molecule has 1 heterocycles. The van der Waals surface area contributed by atoms with E-state index >= 15 is 0 Å². The van der Waals surface area contributed by atoms with Gasteiger partial charge in [0.2, 0.25) is 5.91 Å². The number of carbonyl (C=O) groups is 1. The van der Waals surface area contributed by atoms with E-state index in [9.17, 15) is 9.90 Å². The minimum atomic E-state index is -0.135. The molecule has 4 heteroatoms. The van der Waals surface area contributed by atoms with Crippen molar-refractivity contribution in [1.82, 2.24) is 5.43 Å². The summed E-state index contributed by atoms with van der Waals surface area (Å²) in [5, 5.41) is 14.6. The molecule has 0 aromatic carbocycles. The van der Waals surface area contributed by atoms with Crippen molar-refractivity contribution in [2.45, 2.75) is 58.5 Å². The number of aliphatic hydroxyl groups is 1. The van der Waals surface area contributed by atoms with Crippen molar-refractivity contribution < 1.29 is 9.90 Å². The lowest BCUT2D eigenvalue weighted by molar-refractivity contribution is -0.136. The van der Waals surface area contributed by atoms with Crippen molar-refractivity contribution in [2.24, 2.45) is 40.1 Å². The topological polar surface area (TPSA) is 61.7 Å². The van der Waals surface area contributed by atoms with Crippen LogP contribution in [0.5, 0.6) is 0 Å². The average Bonchev–Trinajstić information content (AvgIpc) is 2.78. The van der Waals surface area contributed by atoms with Gasteiger partial charge in [-0.1, -0.05) is 6.92 Å². The minimum absolute atomic E-state index is 0.0995. The molecule has 0 spiro atoms. The summed E-state index contributed by atoms with van der Waals surface area (Å²) in [6, 6.07) is 0. The standard InChI is InChI=1S/C17H26N2O2/c1-9-10-3-4-11-12(15(10)16(21)19-18-9)7-8-17(2)13(11)5-6-14(17)20/h10-15,20H,3-8H2,1-2H3,(H,19,21)/t10-,11-,12+,13-,14+,15-,17-/m1/s1. The van der Waals surface area contributed by atoms with E-state index in [4.69, 9.17) is 0 Å². The van der Waals surface area contributed by atoms with E-state index in [-0.39, 0.29) is 23.3 Å². The molecule has 3 fully saturated rings. The number of aliphatic hydroxyl groups excluding tert-OH is 1. The first-order valence-electron chi connectivity index (χ1n) is 8.54. The lowest BCUT2D eigenvalue weighted by Crippen LogP contribution is -2.54. The third kappa shape index (κ3) is 1.77. The van der Waals surface area contributed by atoms with Crippen LogP contribution in [0.2, 0.25) is 0 Å². The Bertz CT molecular complexity index is 503. The quantitative estimate of drug-likeness (QED) is 0.719. The van der Waals surface area contributed by atoms with Crippen LogP contribution in [0.25, 0.3) is 0 Å². The number of amides is 1. The monoisotopic (exact) mass is 290 g/mol. The van der Waals surface area contributed by atoms with E-state index in [1.807, 2.05) is 0 Å². The molecule has 3 saturated carbocycles. The van der Waals surface area contributed by atoms with Gasteiger partial charge in [-0.2, -0.15) is 5.10 Å². The first kappa shape index (κ1) is 13.7. The summed E-state index contributed by atoms with van der Waals surface area (Å²) >= 11 is 0. The fourth-order valence-electron chi connectivity index (χ4n) is 6.15. The first-order chi connectivity index (χ1) is 10.0. The Morgan fingerprint density at radius 2 is 2.00 bits per heavy atom. The van der Waals surface area contributed by atoms with Gasteiger partial charge < -0.3 is 5.11 Å². The predicted molar refractivity (Wildman–Crippen MR) is 80.5 cm³/mol. The fourth-order valence-corrected chi connectivity index (χ4v) is 6.15. The van der Waals surface area contributed by atoms with E-state index in [0.717, 1.165) is 37.8 Å². The van der Waals surface area contributed by atoms with Crippen LogP contribution in [0.15, 0.2) is 5.10 Å². The number of nitrogens with zero attached hydrogens (tertiary/aromatic N) is 1. The van der Waals surface area contributed by atoms with Crippen LogP contribution < -0.4 is 5.43 Å². The summed E-state index contributed by atoms with van der Waals surface area (Å²) in [6.07, 6.45) is 6.43. The van der Waals surface area contributed by atoms with Gasteiger partial charge in [0.1, 0.15) is 0 Å². The Morgan fingerprint density at radius 1 is 1.19 bits per heavy atom. The molecule has 1 aliphatic heterocycles. The third-order valence-corrected chi connectivity index (χ3v) is 7.33. The zero-order valence-electron chi connectivity index (χ0n) is 13.0. The van der Waals surface area contributed by atoms with Crippen LogP contribution in [0.4, 0.5) is 0 Å². The molecule has 0 saturated heterocycles. The molecular weight excluding hydrogens is 264 g/mol. The van der Waals surface area contributed by atoms with E-state index in [0.29, 0.717) is 23.7 Å². The summed E-state index contributed by atoms with van der Waals surface area (Å²) in [4.78, 5) is 12.4. The number of fused-ring (bicyclic) bond motifs is 5. The van der Waals surface area contributed by atoms with E-state index in [1.54, 1.807) is 0 Å². The smallest absolute Gasteiger partial charge is 0.244 e. The van der Waals surface area contributed by atoms with Gasteiger partial charge in [0.15, 0.2) is 0 Å². The van der Waals surface area contributed by atoms with E-state index in [2.05, 4.69) is 24.4 Å². The number of hydrogen-bond acceptors (Lipinski definition) is 3. The number of rotatable bonds is 0. The molecule has 2 N–H and O–H groups in total. The average molecular weight is 290 g/mol. The largest absolute Gasteiger partial charge is 0.393 e. The van der Waals surface area contributed by atoms with Gasteiger partial charge in [-0.25, -0.2) is 5.43 Å². The SMILES string of the molecule is CC1=NNC(=O)[C@H]2[C@H]3CC[C@]4(C)[C@H](CC[C@@H]4O)[C@@H]3CC[C@H]12. The van der Waals surface area contributed by atoms with Crippen molar-refractivity contribution in [2.75, 3.05) is 0 Å². The summed E-state index contributed by atoms with van der Waals surface area (Å²) in [7, 11) is 0. The number of hydrogen-bond donors (Lipinski definition) is 2. The van der Waals surface area contributed by atoms with Gasteiger partial charge in [0, 0.05) is 11.6 Å². The lowest BCUT2D eigenvalue weighted by Gasteiger charge is -2.54. The second-order valence-electron chi connectivity index (χ2n) is 8.01. The highest BCUT2D eigenvalue weighted by Crippen LogP contribution is 2.61. The van der Waals surface area contributed by atoms with Crippen LogP contribution in [0, 0.1) is 35.0 Å². The highest BCUT2D eigenvalue weighted by Gasteiger charge is 2.58. The molecule has 0 radical (unpaired) electrons. The maximum absolute atomic E-state index is 12.4. The van der Waals surface area contributed by atoms with Gasteiger partial charge in [-0.15, -0.1) is 0 Å². The Kier molecular flexibility index (Phi) is 2.97. The summed E-state index contributed by atoms with van der Waals surface area (Å²) in [6.45, 7) is 4.34. The third-order valence-electron chi connectivity index (χ3n) is 7.33. The molecule has 116 valence electrons. The zero-order chi connectivity index (χ0) is 14.8. The normalized spacial score (nSPS) is 52.3. The predicted octanol–water partition coefficient (Wildman–Crippen LogP) is 2.32. The van der Waals surface area contributed by atoms with Crippen molar-refractivity contribution in [3.05, 3.63) is 0 Å². The molecule has 0 aromatic heterocycles. The molecule has 0 aromatic rings.